The third-order valence-corrected chi connectivity index (χ3v) is 6.84. The second kappa shape index (κ2) is 11.3. The van der Waals surface area contributed by atoms with Crippen molar-refractivity contribution < 1.29 is 14.6 Å². The molecule has 0 spiro atoms. The number of carboxylic acids is 1. The fourth-order valence-electron chi connectivity index (χ4n) is 4.80. The Hall–Kier alpha value is -5.23. The molecule has 1 N–H and O–H groups in total. The minimum Gasteiger partial charge on any atom is -0.478 e. The Bertz CT molecular complexity index is 1730. The number of rotatable bonds is 9. The van der Waals surface area contributed by atoms with Crippen LogP contribution in [0.4, 0.5) is 0 Å². The molecule has 0 radical (unpaired) electrons. The summed E-state index contributed by atoms with van der Waals surface area (Å²) in [5.74, 6) is 0.397. The average Bonchev–Trinajstić information content (AvgIpc) is 3.36. The highest BCUT2D eigenvalue weighted by molar-refractivity contribution is 5.78. The number of aliphatic carboxylic acids is 1. The lowest BCUT2D eigenvalue weighted by Crippen LogP contribution is -2.29. The smallest absolute Gasteiger partial charge is 0.345 e. The third-order valence-electron chi connectivity index (χ3n) is 6.84. The topological polar surface area (TPSA) is 77.2 Å². The monoisotopic (exact) mass is 525 g/mol. The van der Waals surface area contributed by atoms with Crippen LogP contribution in [0.25, 0.3) is 33.7 Å². The van der Waals surface area contributed by atoms with Crippen LogP contribution in [0.5, 0.6) is 5.75 Å². The molecule has 0 unspecified atom stereocenters. The fraction of sp³-hybridized carbons (Fsp3) is 0.0882. The van der Waals surface area contributed by atoms with E-state index in [-0.39, 0.29) is 0 Å². The molecule has 6 nitrogen and oxygen atoms in total. The standard InChI is InChI=1S/C34H27N3O3/c38-34(39)31(22-24-8-3-1-4-9-24)40-29-19-17-27(18-20-29)26-13-15-28(16-14-26)32-36-30-12-7-21-35-33(30)37(32)23-25-10-5-2-6-11-25/h1-21,31H,22-23H2,(H,38,39)/t31-/m1/s1. The summed E-state index contributed by atoms with van der Waals surface area (Å²) in [5, 5.41) is 9.66. The maximum absolute atomic E-state index is 11.8. The van der Waals surface area contributed by atoms with Gasteiger partial charge in [0.1, 0.15) is 17.1 Å². The number of hydrogen-bond acceptors (Lipinski definition) is 4. The maximum Gasteiger partial charge on any atom is 0.345 e. The molecule has 0 amide bonds. The Morgan fingerprint density at radius 1 is 0.725 bits per heavy atom. The number of benzene rings is 4. The van der Waals surface area contributed by atoms with Gasteiger partial charge in [0.05, 0.1) is 6.54 Å². The molecule has 0 fully saturated rings. The molecule has 196 valence electrons. The molecule has 0 aliphatic heterocycles. The van der Waals surface area contributed by atoms with E-state index in [1.807, 2.05) is 84.9 Å². The molecular formula is C34H27N3O3. The Labute approximate surface area is 232 Å². The van der Waals surface area contributed by atoms with Crippen molar-refractivity contribution in [3.63, 3.8) is 0 Å². The molecule has 0 saturated carbocycles. The first-order valence-corrected chi connectivity index (χ1v) is 13.1. The number of fused-ring (bicyclic) bond motifs is 1. The molecular weight excluding hydrogens is 498 g/mol. The molecule has 0 aliphatic carbocycles. The van der Waals surface area contributed by atoms with E-state index in [1.54, 1.807) is 6.20 Å². The maximum atomic E-state index is 11.8. The molecule has 6 heteroatoms. The lowest BCUT2D eigenvalue weighted by molar-refractivity contribution is -0.145. The molecule has 6 aromatic rings. The Kier molecular flexibility index (Phi) is 7.05. The minimum absolute atomic E-state index is 0.296. The van der Waals surface area contributed by atoms with E-state index in [1.165, 1.54) is 5.56 Å². The number of aromatic nitrogens is 3. The largest absolute Gasteiger partial charge is 0.478 e. The Balaban J connectivity index is 1.22. The first-order chi connectivity index (χ1) is 19.6. The summed E-state index contributed by atoms with van der Waals surface area (Å²) in [6.45, 7) is 0.675. The summed E-state index contributed by atoms with van der Waals surface area (Å²) in [7, 11) is 0. The van der Waals surface area contributed by atoms with Gasteiger partial charge >= 0.3 is 5.97 Å². The predicted molar refractivity (Wildman–Crippen MR) is 156 cm³/mol. The Morgan fingerprint density at radius 3 is 1.98 bits per heavy atom. The van der Waals surface area contributed by atoms with E-state index < -0.39 is 12.1 Å². The van der Waals surface area contributed by atoms with Crippen LogP contribution in [0, 0.1) is 0 Å². The second-order valence-electron chi connectivity index (χ2n) is 9.59. The third kappa shape index (κ3) is 5.47. The van der Waals surface area contributed by atoms with E-state index >= 15 is 0 Å². The number of imidazole rings is 1. The van der Waals surface area contributed by atoms with Gasteiger partial charge in [0.2, 0.25) is 0 Å². The zero-order chi connectivity index (χ0) is 27.3. The van der Waals surface area contributed by atoms with Crippen LogP contribution < -0.4 is 4.74 Å². The van der Waals surface area contributed by atoms with Gasteiger partial charge in [0.15, 0.2) is 11.8 Å². The number of pyridine rings is 1. The number of nitrogens with zero attached hydrogens (tertiary/aromatic N) is 3. The van der Waals surface area contributed by atoms with Crippen molar-refractivity contribution >= 4 is 17.1 Å². The quantitative estimate of drug-likeness (QED) is 0.222. The van der Waals surface area contributed by atoms with Gasteiger partial charge in [-0.2, -0.15) is 0 Å². The van der Waals surface area contributed by atoms with Crippen molar-refractivity contribution in [2.24, 2.45) is 0 Å². The molecule has 0 saturated heterocycles. The van der Waals surface area contributed by atoms with Crippen molar-refractivity contribution in [2.45, 2.75) is 19.1 Å². The van der Waals surface area contributed by atoms with Crippen LogP contribution in [0.3, 0.4) is 0 Å². The van der Waals surface area contributed by atoms with E-state index in [4.69, 9.17) is 9.72 Å². The van der Waals surface area contributed by atoms with Crippen LogP contribution in [0.2, 0.25) is 0 Å². The SMILES string of the molecule is O=C(O)[C@@H](Cc1ccccc1)Oc1ccc(-c2ccc(-c3nc4cccnc4n3Cc3ccccc3)cc2)cc1. The molecule has 6 rings (SSSR count). The van der Waals surface area contributed by atoms with Gasteiger partial charge in [0.25, 0.3) is 0 Å². The number of carbonyl (C=O) groups is 1. The van der Waals surface area contributed by atoms with E-state index in [9.17, 15) is 9.90 Å². The predicted octanol–water partition coefficient (Wildman–Crippen LogP) is 6.89. The molecule has 2 heterocycles. The number of ether oxygens (including phenoxy) is 1. The molecule has 1 atom stereocenters. The average molecular weight is 526 g/mol. The summed E-state index contributed by atoms with van der Waals surface area (Å²) in [6, 6.07) is 39.5. The van der Waals surface area contributed by atoms with Gasteiger partial charge < -0.3 is 14.4 Å². The number of hydrogen-bond donors (Lipinski definition) is 1. The van der Waals surface area contributed by atoms with E-state index in [2.05, 4.69) is 45.9 Å². The van der Waals surface area contributed by atoms with Crippen LogP contribution in [0.1, 0.15) is 11.1 Å². The molecule has 4 aromatic carbocycles. The van der Waals surface area contributed by atoms with Gasteiger partial charge in [-0.25, -0.2) is 14.8 Å². The van der Waals surface area contributed by atoms with E-state index in [0.29, 0.717) is 18.7 Å². The van der Waals surface area contributed by atoms with E-state index in [0.717, 1.165) is 39.2 Å². The highest BCUT2D eigenvalue weighted by Crippen LogP contribution is 2.29. The molecule has 2 aromatic heterocycles. The summed E-state index contributed by atoms with van der Waals surface area (Å²) in [4.78, 5) is 21.3. The molecule has 0 bridgehead atoms. The van der Waals surface area contributed by atoms with Crippen LogP contribution >= 0.6 is 0 Å². The zero-order valence-corrected chi connectivity index (χ0v) is 21.7. The van der Waals surface area contributed by atoms with Crippen molar-refractivity contribution in [3.8, 4) is 28.3 Å². The fourth-order valence-corrected chi connectivity index (χ4v) is 4.80. The highest BCUT2D eigenvalue weighted by atomic mass is 16.5. The lowest BCUT2D eigenvalue weighted by Gasteiger charge is -2.15. The summed E-state index contributed by atoms with van der Waals surface area (Å²) >= 11 is 0. The van der Waals surface area contributed by atoms with Gasteiger partial charge in [-0.3, -0.25) is 0 Å². The van der Waals surface area contributed by atoms with Gasteiger partial charge in [-0.15, -0.1) is 0 Å². The van der Waals surface area contributed by atoms with Crippen molar-refractivity contribution in [1.82, 2.24) is 14.5 Å². The first-order valence-electron chi connectivity index (χ1n) is 13.1. The molecule has 40 heavy (non-hydrogen) atoms. The van der Waals surface area contributed by atoms with Gasteiger partial charge in [-0.1, -0.05) is 97.1 Å². The Morgan fingerprint density at radius 2 is 1.32 bits per heavy atom. The summed E-state index contributed by atoms with van der Waals surface area (Å²) in [5.41, 5.74) is 6.86. The zero-order valence-electron chi connectivity index (χ0n) is 21.7. The van der Waals surface area contributed by atoms with Gasteiger partial charge in [-0.05, 0) is 46.5 Å². The van der Waals surface area contributed by atoms with Crippen LogP contribution in [0.15, 0.2) is 128 Å². The second-order valence-corrected chi connectivity index (χ2v) is 9.59. The molecule has 0 aliphatic rings. The highest BCUT2D eigenvalue weighted by Gasteiger charge is 2.20. The van der Waals surface area contributed by atoms with Crippen molar-refractivity contribution in [3.05, 3.63) is 139 Å². The van der Waals surface area contributed by atoms with Crippen molar-refractivity contribution in [2.75, 3.05) is 0 Å². The van der Waals surface area contributed by atoms with Crippen LogP contribution in [-0.4, -0.2) is 31.7 Å². The summed E-state index contributed by atoms with van der Waals surface area (Å²) in [6.07, 6.45) is 1.13. The normalized spacial score (nSPS) is 11.8. The summed E-state index contributed by atoms with van der Waals surface area (Å²) < 4.78 is 7.97. The first kappa shape index (κ1) is 25.1. The van der Waals surface area contributed by atoms with Gasteiger partial charge in [0, 0.05) is 18.2 Å². The van der Waals surface area contributed by atoms with Crippen molar-refractivity contribution in [1.29, 1.82) is 0 Å². The van der Waals surface area contributed by atoms with Crippen LogP contribution in [-0.2, 0) is 17.8 Å². The number of carboxylic acid groups (broad SMARTS) is 1. The lowest BCUT2D eigenvalue weighted by atomic mass is 10.0. The minimum atomic E-state index is -0.989.